The van der Waals surface area contributed by atoms with Gasteiger partial charge in [-0.05, 0) is 12.1 Å². The number of hydrogen-bond acceptors (Lipinski definition) is 8. The van der Waals surface area contributed by atoms with Crippen molar-refractivity contribution in [2.24, 2.45) is 0 Å². The lowest BCUT2D eigenvalue weighted by Gasteiger charge is -2.30. The van der Waals surface area contributed by atoms with E-state index in [-0.39, 0.29) is 26.4 Å². The molecule has 0 bridgehead atoms. The van der Waals surface area contributed by atoms with Gasteiger partial charge in [-0.15, -0.1) is 0 Å². The van der Waals surface area contributed by atoms with Gasteiger partial charge in [-0.1, -0.05) is 63.4 Å². The number of rotatable bonds is 18. The van der Waals surface area contributed by atoms with Crippen molar-refractivity contribution in [3.05, 3.63) is 85.0 Å². The second-order valence-electron chi connectivity index (χ2n) is 8.28. The highest BCUT2D eigenvalue weighted by atomic mass is 16.6. The number of ether oxygens (including phenoxy) is 6. The fraction of sp³-hybridized carbons (Fsp3) is 0.379. The zero-order valence-electron chi connectivity index (χ0n) is 21.6. The van der Waals surface area contributed by atoms with Crippen LogP contribution in [0, 0.1) is 0 Å². The Morgan fingerprint density at radius 2 is 1.03 bits per heavy atom. The predicted octanol–water partition coefficient (Wildman–Crippen LogP) is 4.26. The van der Waals surface area contributed by atoms with Crippen molar-refractivity contribution >= 4 is 11.9 Å². The van der Waals surface area contributed by atoms with Gasteiger partial charge in [0.05, 0.1) is 26.4 Å². The van der Waals surface area contributed by atoms with Crippen LogP contribution in [0.4, 0.5) is 0 Å². The van der Waals surface area contributed by atoms with Crippen LogP contribution in [0.1, 0.15) is 25.0 Å². The van der Waals surface area contributed by atoms with E-state index in [0.717, 1.165) is 34.8 Å². The zero-order valence-corrected chi connectivity index (χ0v) is 21.6. The van der Waals surface area contributed by atoms with Crippen molar-refractivity contribution < 1.29 is 38.0 Å². The first kappa shape index (κ1) is 29.6. The smallest absolute Gasteiger partial charge is 0.330 e. The molecule has 2 aromatic rings. The van der Waals surface area contributed by atoms with Crippen LogP contribution in [0.5, 0.6) is 11.5 Å². The number of carbonyl (C=O) groups is 2. The summed E-state index contributed by atoms with van der Waals surface area (Å²) in [4.78, 5) is 22.1. The summed E-state index contributed by atoms with van der Waals surface area (Å²) in [7, 11) is 0. The minimum absolute atomic E-state index is 0.166. The van der Waals surface area contributed by atoms with Gasteiger partial charge in [-0.2, -0.15) is 0 Å². The van der Waals surface area contributed by atoms with Crippen LogP contribution < -0.4 is 9.47 Å². The van der Waals surface area contributed by atoms with Crippen LogP contribution >= 0.6 is 0 Å². The summed E-state index contributed by atoms with van der Waals surface area (Å²) in [5, 5.41) is 0. The van der Waals surface area contributed by atoms with Gasteiger partial charge in [0.2, 0.25) is 0 Å². The summed E-state index contributed by atoms with van der Waals surface area (Å²) in [5.41, 5.74) is 1.59. The van der Waals surface area contributed by atoms with E-state index in [1.54, 1.807) is 0 Å². The van der Waals surface area contributed by atoms with E-state index in [0.29, 0.717) is 26.4 Å². The maximum atomic E-state index is 11.0. The van der Waals surface area contributed by atoms with Gasteiger partial charge in [0, 0.05) is 28.7 Å². The average Bonchev–Trinajstić information content (AvgIpc) is 2.91. The van der Waals surface area contributed by atoms with E-state index in [9.17, 15) is 9.59 Å². The molecule has 8 nitrogen and oxygen atoms in total. The SMILES string of the molecule is C=CC(=O)OCCOCCOc1ccccc1C(C)(C)c1ccccc1OCCOCCOC(=O)C=C. The standard InChI is InChI=1S/C29H36O8/c1-5-27(30)36-21-17-32-15-19-34-25-13-9-7-11-23(25)29(3,4)24-12-8-10-14-26(24)35-20-16-33-18-22-37-28(31)6-2/h5-14H,1-2,15-22H2,3-4H3. The first-order valence-corrected chi connectivity index (χ1v) is 12.1. The fourth-order valence-corrected chi connectivity index (χ4v) is 3.51. The van der Waals surface area contributed by atoms with Gasteiger partial charge in [0.25, 0.3) is 0 Å². The Bertz CT molecular complexity index is 935. The van der Waals surface area contributed by atoms with Gasteiger partial charge >= 0.3 is 11.9 Å². The maximum absolute atomic E-state index is 11.0. The molecular weight excluding hydrogens is 476 g/mol. The number of benzene rings is 2. The largest absolute Gasteiger partial charge is 0.491 e. The molecule has 0 saturated carbocycles. The zero-order chi connectivity index (χ0) is 26.9. The molecule has 8 heteroatoms. The minimum Gasteiger partial charge on any atom is -0.491 e. The highest BCUT2D eigenvalue weighted by Crippen LogP contribution is 2.41. The summed E-state index contributed by atoms with van der Waals surface area (Å²) in [6, 6.07) is 15.7. The average molecular weight is 513 g/mol. The van der Waals surface area contributed by atoms with Crippen molar-refractivity contribution in [3.8, 4) is 11.5 Å². The lowest BCUT2D eigenvalue weighted by molar-refractivity contribution is -0.140. The van der Waals surface area contributed by atoms with Gasteiger partial charge < -0.3 is 28.4 Å². The highest BCUT2D eigenvalue weighted by molar-refractivity contribution is 5.81. The molecule has 0 aliphatic carbocycles. The number of esters is 2. The van der Waals surface area contributed by atoms with Crippen LogP contribution in [-0.4, -0.2) is 64.8 Å². The van der Waals surface area contributed by atoms with E-state index in [1.807, 2.05) is 48.5 Å². The molecule has 2 rings (SSSR count). The molecule has 0 spiro atoms. The molecule has 2 aromatic carbocycles. The number of hydrogen-bond donors (Lipinski definition) is 0. The molecular formula is C29H36O8. The van der Waals surface area contributed by atoms with Gasteiger partial charge in [-0.25, -0.2) is 9.59 Å². The Morgan fingerprint density at radius 1 is 0.649 bits per heavy atom. The van der Waals surface area contributed by atoms with Gasteiger partial charge in [-0.3, -0.25) is 0 Å². The monoisotopic (exact) mass is 512 g/mol. The third-order valence-corrected chi connectivity index (χ3v) is 5.37. The van der Waals surface area contributed by atoms with E-state index >= 15 is 0 Å². The molecule has 0 unspecified atom stereocenters. The molecule has 0 saturated heterocycles. The summed E-state index contributed by atoms with van der Waals surface area (Å²) in [6.07, 6.45) is 2.23. The summed E-state index contributed by atoms with van der Waals surface area (Å²) < 4.78 is 32.8. The Balaban J connectivity index is 1.92. The van der Waals surface area contributed by atoms with E-state index in [2.05, 4.69) is 27.0 Å². The fourth-order valence-electron chi connectivity index (χ4n) is 3.51. The molecule has 0 fully saturated rings. The molecule has 0 N–H and O–H groups in total. The third kappa shape index (κ3) is 10.1. The first-order chi connectivity index (χ1) is 17.9. The Morgan fingerprint density at radius 3 is 1.43 bits per heavy atom. The summed E-state index contributed by atoms with van der Waals surface area (Å²) >= 11 is 0. The summed E-state index contributed by atoms with van der Waals surface area (Å²) in [5.74, 6) is 0.557. The second kappa shape index (κ2) is 16.2. The lowest BCUT2D eigenvalue weighted by Crippen LogP contribution is -2.22. The minimum atomic E-state index is -0.473. The van der Waals surface area contributed by atoms with Crippen molar-refractivity contribution in [2.45, 2.75) is 19.3 Å². The van der Waals surface area contributed by atoms with Crippen LogP contribution in [-0.2, 0) is 34.0 Å². The maximum Gasteiger partial charge on any atom is 0.330 e. The molecule has 0 atom stereocenters. The first-order valence-electron chi connectivity index (χ1n) is 12.1. The third-order valence-electron chi connectivity index (χ3n) is 5.37. The van der Waals surface area contributed by atoms with Crippen LogP contribution in [0.25, 0.3) is 0 Å². The van der Waals surface area contributed by atoms with Crippen molar-refractivity contribution in [1.29, 1.82) is 0 Å². The van der Waals surface area contributed by atoms with Gasteiger partial charge in [0.15, 0.2) is 0 Å². The molecule has 37 heavy (non-hydrogen) atoms. The number of carbonyl (C=O) groups excluding carboxylic acids is 2. The normalized spacial score (nSPS) is 10.9. The number of para-hydroxylation sites is 2. The Hall–Kier alpha value is -3.62. The molecule has 0 aliphatic rings. The van der Waals surface area contributed by atoms with Crippen molar-refractivity contribution in [1.82, 2.24) is 0 Å². The molecule has 0 aromatic heterocycles. The van der Waals surface area contributed by atoms with E-state index in [1.165, 1.54) is 0 Å². The quantitative estimate of drug-likeness (QED) is 0.166. The van der Waals surface area contributed by atoms with Crippen LogP contribution in [0.3, 0.4) is 0 Å². The lowest BCUT2D eigenvalue weighted by atomic mass is 9.77. The summed E-state index contributed by atoms with van der Waals surface area (Å²) in [6.45, 7) is 13.2. The Labute approximate surface area is 218 Å². The predicted molar refractivity (Wildman–Crippen MR) is 140 cm³/mol. The topological polar surface area (TPSA) is 89.5 Å². The molecule has 0 aliphatic heterocycles. The van der Waals surface area contributed by atoms with Crippen LogP contribution in [0.2, 0.25) is 0 Å². The molecule has 0 heterocycles. The van der Waals surface area contributed by atoms with Gasteiger partial charge in [0.1, 0.15) is 37.9 Å². The van der Waals surface area contributed by atoms with E-state index < -0.39 is 17.4 Å². The second-order valence-corrected chi connectivity index (χ2v) is 8.28. The molecule has 0 amide bonds. The molecule has 200 valence electrons. The highest BCUT2D eigenvalue weighted by Gasteiger charge is 2.29. The van der Waals surface area contributed by atoms with Crippen molar-refractivity contribution in [3.63, 3.8) is 0 Å². The van der Waals surface area contributed by atoms with Crippen LogP contribution in [0.15, 0.2) is 73.8 Å². The van der Waals surface area contributed by atoms with Crippen molar-refractivity contribution in [2.75, 3.05) is 52.9 Å². The van der Waals surface area contributed by atoms with E-state index in [4.69, 9.17) is 28.4 Å². The Kier molecular flexibility index (Phi) is 13.0. The molecule has 0 radical (unpaired) electrons.